The van der Waals surface area contributed by atoms with Crippen molar-refractivity contribution in [2.24, 2.45) is 0 Å². The van der Waals surface area contributed by atoms with Gasteiger partial charge in [0.15, 0.2) is 11.5 Å². The summed E-state index contributed by atoms with van der Waals surface area (Å²) in [4.78, 5) is 0. The molecule has 0 aliphatic carbocycles. The van der Waals surface area contributed by atoms with Crippen LogP contribution in [0.5, 0.6) is 11.5 Å². The second-order valence-electron chi connectivity index (χ2n) is 5.29. The van der Waals surface area contributed by atoms with Crippen LogP contribution < -0.4 is 14.3 Å². The lowest BCUT2D eigenvalue weighted by Crippen LogP contribution is -2.41. The molecule has 1 aromatic rings. The van der Waals surface area contributed by atoms with E-state index in [-0.39, 0.29) is 11.2 Å². The third-order valence-corrected chi connectivity index (χ3v) is 4.60. The third-order valence-electron chi connectivity index (χ3n) is 3.63. The normalized spacial score (nSPS) is 21.1. The Hall–Kier alpha value is -0.715. The standard InChI is InChI=1S/C12H19BO4S/c1-11(2)12(3,4)17-13(16-11)10-9(15-6)8(14-5)7-18-10/h7H,1-6H3. The van der Waals surface area contributed by atoms with Crippen molar-refractivity contribution in [3.63, 3.8) is 0 Å². The third kappa shape index (κ3) is 2.02. The zero-order valence-electron chi connectivity index (χ0n) is 11.7. The monoisotopic (exact) mass is 270 g/mol. The number of rotatable bonds is 3. The molecule has 18 heavy (non-hydrogen) atoms. The van der Waals surface area contributed by atoms with Gasteiger partial charge >= 0.3 is 7.12 Å². The van der Waals surface area contributed by atoms with Crippen LogP contribution in [0.15, 0.2) is 5.38 Å². The van der Waals surface area contributed by atoms with Crippen LogP contribution in [-0.4, -0.2) is 32.5 Å². The molecule has 2 heterocycles. The lowest BCUT2D eigenvalue weighted by atomic mass is 9.87. The Morgan fingerprint density at radius 2 is 1.61 bits per heavy atom. The first-order valence-corrected chi connectivity index (χ1v) is 6.75. The summed E-state index contributed by atoms with van der Waals surface area (Å²) < 4.78 is 23.6. The van der Waals surface area contributed by atoms with Crippen molar-refractivity contribution in [1.29, 1.82) is 0 Å². The summed E-state index contributed by atoms with van der Waals surface area (Å²) >= 11 is 1.52. The van der Waals surface area contributed by atoms with Crippen molar-refractivity contribution >= 4 is 23.2 Å². The number of methoxy groups -OCH3 is 2. The molecule has 100 valence electrons. The van der Waals surface area contributed by atoms with Gasteiger partial charge in [0.2, 0.25) is 0 Å². The Morgan fingerprint density at radius 3 is 2.06 bits per heavy atom. The number of hydrogen-bond acceptors (Lipinski definition) is 5. The first-order chi connectivity index (χ1) is 8.32. The topological polar surface area (TPSA) is 36.9 Å². The molecule has 2 rings (SSSR count). The van der Waals surface area contributed by atoms with Crippen molar-refractivity contribution in [1.82, 2.24) is 0 Å². The lowest BCUT2D eigenvalue weighted by molar-refractivity contribution is 0.00578. The fraction of sp³-hybridized carbons (Fsp3) is 0.667. The maximum atomic E-state index is 6.00. The maximum Gasteiger partial charge on any atom is 0.509 e. The molecular weight excluding hydrogens is 251 g/mol. The van der Waals surface area contributed by atoms with Crippen LogP contribution in [0.3, 0.4) is 0 Å². The van der Waals surface area contributed by atoms with Gasteiger partial charge in [0.25, 0.3) is 0 Å². The quantitative estimate of drug-likeness (QED) is 0.788. The summed E-state index contributed by atoms with van der Waals surface area (Å²) in [5, 5.41) is 1.90. The molecule has 1 aromatic heterocycles. The first-order valence-electron chi connectivity index (χ1n) is 5.87. The Labute approximate surface area is 112 Å². The number of hydrogen-bond donors (Lipinski definition) is 0. The molecule has 0 amide bonds. The van der Waals surface area contributed by atoms with E-state index in [9.17, 15) is 0 Å². The molecule has 6 heteroatoms. The van der Waals surface area contributed by atoms with E-state index in [1.165, 1.54) is 11.3 Å². The zero-order chi connectivity index (χ0) is 13.6. The van der Waals surface area contributed by atoms with Gasteiger partial charge in [0.1, 0.15) is 0 Å². The van der Waals surface area contributed by atoms with Crippen LogP contribution in [0.25, 0.3) is 0 Å². The largest absolute Gasteiger partial charge is 0.509 e. The number of thiophene rings is 1. The summed E-state index contributed by atoms with van der Waals surface area (Å²) in [6, 6.07) is 0. The summed E-state index contributed by atoms with van der Waals surface area (Å²) in [5.74, 6) is 1.41. The van der Waals surface area contributed by atoms with Crippen LogP contribution in [0.1, 0.15) is 27.7 Å². The van der Waals surface area contributed by atoms with Crippen molar-refractivity contribution < 1.29 is 18.8 Å². The van der Waals surface area contributed by atoms with Crippen molar-refractivity contribution in [3.8, 4) is 11.5 Å². The van der Waals surface area contributed by atoms with Crippen molar-refractivity contribution in [2.75, 3.05) is 14.2 Å². The van der Waals surface area contributed by atoms with Gasteiger partial charge in [0, 0.05) is 5.38 Å². The molecule has 1 aliphatic rings. The van der Waals surface area contributed by atoms with Gasteiger partial charge in [0.05, 0.1) is 30.2 Å². The Bertz CT molecular complexity index is 425. The molecule has 4 nitrogen and oxygen atoms in total. The van der Waals surface area contributed by atoms with Crippen LogP contribution >= 0.6 is 11.3 Å². The van der Waals surface area contributed by atoms with Crippen molar-refractivity contribution in [3.05, 3.63) is 5.38 Å². The molecule has 0 radical (unpaired) electrons. The molecule has 0 bridgehead atoms. The summed E-state index contributed by atoms with van der Waals surface area (Å²) in [6.45, 7) is 8.13. The minimum atomic E-state index is -0.404. The highest BCUT2D eigenvalue weighted by molar-refractivity contribution is 7.21. The van der Waals surface area contributed by atoms with Gasteiger partial charge in [-0.25, -0.2) is 0 Å². The predicted molar refractivity (Wildman–Crippen MR) is 73.1 cm³/mol. The van der Waals surface area contributed by atoms with Crippen molar-refractivity contribution in [2.45, 2.75) is 38.9 Å². The van der Waals surface area contributed by atoms with Gasteiger partial charge in [-0.15, -0.1) is 11.3 Å². The molecule has 1 saturated heterocycles. The summed E-state index contributed by atoms with van der Waals surface area (Å²) in [6.07, 6.45) is 0. The Kier molecular flexibility index (Phi) is 3.38. The van der Waals surface area contributed by atoms with Gasteiger partial charge in [-0.1, -0.05) is 0 Å². The maximum absolute atomic E-state index is 6.00. The molecule has 0 atom stereocenters. The smallest absolute Gasteiger partial charge is 0.492 e. The number of ether oxygens (including phenoxy) is 2. The first kappa shape index (κ1) is 13.7. The minimum absolute atomic E-state index is 0.347. The van der Waals surface area contributed by atoms with E-state index >= 15 is 0 Å². The minimum Gasteiger partial charge on any atom is -0.492 e. The molecule has 0 aromatic carbocycles. The Morgan fingerprint density at radius 1 is 1.06 bits per heavy atom. The zero-order valence-corrected chi connectivity index (χ0v) is 12.5. The van der Waals surface area contributed by atoms with Crippen LogP contribution in [0, 0.1) is 0 Å². The van der Waals surface area contributed by atoms with Gasteiger partial charge in [-0.2, -0.15) is 0 Å². The van der Waals surface area contributed by atoms with E-state index in [1.807, 2.05) is 33.1 Å². The second-order valence-corrected chi connectivity index (χ2v) is 6.20. The molecule has 0 saturated carbocycles. The van der Waals surface area contributed by atoms with E-state index < -0.39 is 7.12 Å². The van der Waals surface area contributed by atoms with E-state index in [0.29, 0.717) is 11.5 Å². The van der Waals surface area contributed by atoms with Crippen LogP contribution in [-0.2, 0) is 9.31 Å². The van der Waals surface area contributed by atoms with Crippen LogP contribution in [0.4, 0.5) is 0 Å². The summed E-state index contributed by atoms with van der Waals surface area (Å²) in [7, 11) is 2.84. The van der Waals surface area contributed by atoms with Gasteiger partial charge in [-0.3, -0.25) is 0 Å². The van der Waals surface area contributed by atoms with E-state index in [1.54, 1.807) is 14.2 Å². The molecule has 1 fully saturated rings. The van der Waals surface area contributed by atoms with E-state index in [2.05, 4.69) is 0 Å². The highest BCUT2D eigenvalue weighted by Gasteiger charge is 2.53. The highest BCUT2D eigenvalue weighted by atomic mass is 32.1. The average Bonchev–Trinajstić information content (AvgIpc) is 2.77. The lowest BCUT2D eigenvalue weighted by Gasteiger charge is -2.32. The Balaban J connectivity index is 2.32. The highest BCUT2D eigenvalue weighted by Crippen LogP contribution is 2.39. The predicted octanol–water partition coefficient (Wildman–Crippen LogP) is 2.06. The molecule has 0 N–H and O–H groups in total. The molecule has 1 aliphatic heterocycles. The summed E-state index contributed by atoms with van der Waals surface area (Å²) in [5.41, 5.74) is -0.695. The van der Waals surface area contributed by atoms with Gasteiger partial charge in [-0.05, 0) is 27.7 Å². The molecular formula is C12H19BO4S. The molecule has 0 spiro atoms. The van der Waals surface area contributed by atoms with Crippen LogP contribution in [0.2, 0.25) is 0 Å². The SMILES string of the molecule is COc1csc(B2OC(C)(C)C(C)(C)O2)c1OC. The fourth-order valence-electron chi connectivity index (χ4n) is 1.80. The average molecular weight is 270 g/mol. The fourth-order valence-corrected chi connectivity index (χ4v) is 2.74. The van der Waals surface area contributed by atoms with Gasteiger partial charge < -0.3 is 18.8 Å². The van der Waals surface area contributed by atoms with E-state index in [4.69, 9.17) is 18.8 Å². The molecule has 0 unspecified atom stereocenters. The van der Waals surface area contributed by atoms with E-state index in [0.717, 1.165) is 4.78 Å². The second kappa shape index (κ2) is 4.44.